The van der Waals surface area contributed by atoms with E-state index < -0.39 is 0 Å². The van der Waals surface area contributed by atoms with Crippen molar-refractivity contribution in [2.45, 2.75) is 23.3 Å². The molecule has 4 heteroatoms. The van der Waals surface area contributed by atoms with E-state index in [1.54, 1.807) is 26.0 Å². The van der Waals surface area contributed by atoms with E-state index >= 15 is 0 Å². The van der Waals surface area contributed by atoms with Crippen LogP contribution in [0.1, 0.15) is 18.4 Å². The Morgan fingerprint density at radius 3 is 2.00 bits per heavy atom. The second kappa shape index (κ2) is 4.18. The molecule has 3 nitrogen and oxygen atoms in total. The normalized spacial score (nSPS) is 17.0. The Hall–Kier alpha value is -0.870. The fraction of sp³-hybridized carbons (Fsp3) is 0.500. The molecule has 16 heavy (non-hydrogen) atoms. The summed E-state index contributed by atoms with van der Waals surface area (Å²) in [6, 6.07) is 4.06. The molecule has 0 saturated heterocycles. The SMILES string of the molecule is COc1cc(C2(N)CC2)cc(OC)c1SC. The molecule has 0 aromatic heterocycles. The minimum atomic E-state index is -0.155. The minimum absolute atomic E-state index is 0.155. The molecule has 0 aliphatic heterocycles. The van der Waals surface area contributed by atoms with Crippen molar-refractivity contribution in [2.75, 3.05) is 20.5 Å². The van der Waals surface area contributed by atoms with Crippen LogP contribution < -0.4 is 15.2 Å². The highest BCUT2D eigenvalue weighted by Gasteiger charge is 2.41. The highest BCUT2D eigenvalue weighted by Crippen LogP contribution is 2.47. The third kappa shape index (κ3) is 1.87. The number of hydrogen-bond acceptors (Lipinski definition) is 4. The van der Waals surface area contributed by atoms with Gasteiger partial charge in [-0.25, -0.2) is 0 Å². The van der Waals surface area contributed by atoms with Crippen molar-refractivity contribution in [1.29, 1.82) is 0 Å². The van der Waals surface area contributed by atoms with Gasteiger partial charge in [0.2, 0.25) is 0 Å². The van der Waals surface area contributed by atoms with E-state index in [1.165, 1.54) is 0 Å². The third-order valence-corrected chi connectivity index (χ3v) is 3.84. The predicted octanol–water partition coefficient (Wildman–Crippen LogP) is 2.37. The topological polar surface area (TPSA) is 44.5 Å². The minimum Gasteiger partial charge on any atom is -0.495 e. The lowest BCUT2D eigenvalue weighted by atomic mass is 10.1. The molecule has 88 valence electrons. The molecule has 0 amide bonds. The maximum absolute atomic E-state index is 6.19. The van der Waals surface area contributed by atoms with Gasteiger partial charge in [-0.2, -0.15) is 0 Å². The maximum atomic E-state index is 6.19. The maximum Gasteiger partial charge on any atom is 0.136 e. The predicted molar refractivity (Wildman–Crippen MR) is 66.4 cm³/mol. The summed E-state index contributed by atoms with van der Waals surface area (Å²) in [4.78, 5) is 1.03. The van der Waals surface area contributed by atoms with Gasteiger partial charge in [0.05, 0.1) is 19.1 Å². The number of ether oxygens (including phenoxy) is 2. The highest BCUT2D eigenvalue weighted by molar-refractivity contribution is 7.98. The molecule has 0 bridgehead atoms. The summed E-state index contributed by atoms with van der Waals surface area (Å²) in [7, 11) is 3.35. The number of methoxy groups -OCH3 is 2. The molecule has 0 heterocycles. The van der Waals surface area contributed by atoms with E-state index in [4.69, 9.17) is 15.2 Å². The number of rotatable bonds is 4. The van der Waals surface area contributed by atoms with Crippen LogP contribution in [0.15, 0.2) is 17.0 Å². The zero-order valence-corrected chi connectivity index (χ0v) is 10.7. The average molecular weight is 239 g/mol. The number of benzene rings is 1. The fourth-order valence-corrected chi connectivity index (χ4v) is 2.48. The summed E-state index contributed by atoms with van der Waals surface area (Å²) in [5.74, 6) is 1.69. The molecule has 0 atom stereocenters. The second-order valence-electron chi connectivity index (χ2n) is 4.07. The van der Waals surface area contributed by atoms with E-state index in [0.29, 0.717) is 0 Å². The van der Waals surface area contributed by atoms with E-state index in [-0.39, 0.29) is 5.54 Å². The van der Waals surface area contributed by atoms with Gasteiger partial charge in [0, 0.05) is 5.54 Å². The van der Waals surface area contributed by atoms with Crippen LogP contribution in [0.5, 0.6) is 11.5 Å². The van der Waals surface area contributed by atoms with Gasteiger partial charge in [-0.05, 0) is 36.8 Å². The first kappa shape index (κ1) is 11.6. The van der Waals surface area contributed by atoms with Gasteiger partial charge in [0.25, 0.3) is 0 Å². The molecular formula is C12H17NO2S. The zero-order valence-electron chi connectivity index (χ0n) is 9.87. The Morgan fingerprint density at radius 1 is 1.19 bits per heavy atom. The molecule has 1 saturated carbocycles. The van der Waals surface area contributed by atoms with Crippen LogP contribution in [0.3, 0.4) is 0 Å². The largest absolute Gasteiger partial charge is 0.495 e. The molecule has 0 radical (unpaired) electrons. The van der Waals surface area contributed by atoms with Gasteiger partial charge in [-0.15, -0.1) is 11.8 Å². The van der Waals surface area contributed by atoms with E-state index in [0.717, 1.165) is 34.8 Å². The number of thioether (sulfide) groups is 1. The lowest BCUT2D eigenvalue weighted by Gasteiger charge is -2.16. The second-order valence-corrected chi connectivity index (χ2v) is 4.89. The smallest absolute Gasteiger partial charge is 0.136 e. The average Bonchev–Trinajstić information content (AvgIpc) is 3.06. The van der Waals surface area contributed by atoms with Crippen molar-refractivity contribution < 1.29 is 9.47 Å². The first-order chi connectivity index (χ1) is 7.64. The first-order valence-electron chi connectivity index (χ1n) is 5.24. The third-order valence-electron chi connectivity index (χ3n) is 3.03. The Morgan fingerprint density at radius 2 is 1.69 bits per heavy atom. The Labute approximate surface area is 100 Å². The fourth-order valence-electron chi connectivity index (χ4n) is 1.79. The van der Waals surface area contributed by atoms with Gasteiger partial charge < -0.3 is 15.2 Å². The summed E-state index contributed by atoms with van der Waals surface area (Å²) >= 11 is 1.62. The summed E-state index contributed by atoms with van der Waals surface area (Å²) in [6.07, 6.45) is 4.09. The van der Waals surface area contributed by atoms with E-state index in [1.807, 2.05) is 18.4 Å². The summed E-state index contributed by atoms with van der Waals surface area (Å²) in [6.45, 7) is 0. The van der Waals surface area contributed by atoms with Gasteiger partial charge in [0.15, 0.2) is 0 Å². The van der Waals surface area contributed by atoms with Gasteiger partial charge in [-0.3, -0.25) is 0 Å². The molecule has 1 aliphatic carbocycles. The standard InChI is InChI=1S/C12H17NO2S/c1-14-9-6-8(12(13)4-5-12)7-10(15-2)11(9)16-3/h6-7H,4-5,13H2,1-3H3. The van der Waals surface area contributed by atoms with E-state index in [2.05, 4.69) is 0 Å². The molecule has 2 rings (SSSR count). The van der Waals surface area contributed by atoms with Crippen molar-refractivity contribution in [3.8, 4) is 11.5 Å². The highest BCUT2D eigenvalue weighted by atomic mass is 32.2. The van der Waals surface area contributed by atoms with Crippen LogP contribution in [0.2, 0.25) is 0 Å². The van der Waals surface area contributed by atoms with Crippen LogP contribution in [0, 0.1) is 0 Å². The molecular weight excluding hydrogens is 222 g/mol. The summed E-state index contributed by atoms with van der Waals surface area (Å²) in [5.41, 5.74) is 7.14. The van der Waals surface area contributed by atoms with Crippen LogP contribution in [-0.4, -0.2) is 20.5 Å². The Balaban J connectivity index is 2.50. The molecule has 1 aromatic carbocycles. The van der Waals surface area contributed by atoms with Gasteiger partial charge >= 0.3 is 0 Å². The monoisotopic (exact) mass is 239 g/mol. The van der Waals surface area contributed by atoms with Crippen molar-refractivity contribution in [3.63, 3.8) is 0 Å². The molecule has 0 unspecified atom stereocenters. The van der Waals surface area contributed by atoms with Gasteiger partial charge in [0.1, 0.15) is 11.5 Å². The molecule has 0 spiro atoms. The zero-order chi connectivity index (χ0) is 11.8. The lowest BCUT2D eigenvalue weighted by molar-refractivity contribution is 0.374. The first-order valence-corrected chi connectivity index (χ1v) is 6.46. The van der Waals surface area contributed by atoms with Gasteiger partial charge in [-0.1, -0.05) is 0 Å². The number of nitrogens with two attached hydrogens (primary N) is 1. The van der Waals surface area contributed by atoms with Crippen LogP contribution in [0.4, 0.5) is 0 Å². The molecule has 1 fully saturated rings. The van der Waals surface area contributed by atoms with Crippen molar-refractivity contribution in [3.05, 3.63) is 17.7 Å². The quantitative estimate of drug-likeness (QED) is 0.819. The Kier molecular flexibility index (Phi) is 3.04. The Bertz CT molecular complexity index is 377. The van der Waals surface area contributed by atoms with Crippen LogP contribution >= 0.6 is 11.8 Å². The number of hydrogen-bond donors (Lipinski definition) is 1. The molecule has 1 aromatic rings. The van der Waals surface area contributed by atoms with Crippen LogP contribution in [-0.2, 0) is 5.54 Å². The van der Waals surface area contributed by atoms with Crippen molar-refractivity contribution in [2.24, 2.45) is 5.73 Å². The summed E-state index contributed by atoms with van der Waals surface area (Å²) < 4.78 is 10.8. The summed E-state index contributed by atoms with van der Waals surface area (Å²) in [5, 5.41) is 0. The molecule has 1 aliphatic rings. The van der Waals surface area contributed by atoms with Crippen LogP contribution in [0.25, 0.3) is 0 Å². The lowest BCUT2D eigenvalue weighted by Crippen LogP contribution is -2.18. The van der Waals surface area contributed by atoms with E-state index in [9.17, 15) is 0 Å². The molecule has 2 N–H and O–H groups in total. The van der Waals surface area contributed by atoms with Crippen molar-refractivity contribution >= 4 is 11.8 Å². The van der Waals surface area contributed by atoms with Crippen molar-refractivity contribution in [1.82, 2.24) is 0 Å².